The smallest absolute Gasteiger partial charge is 0.430 e. The molecule has 0 aliphatic carbocycles. The number of carbonyl (C=O) groups is 2. The Bertz CT molecular complexity index is 742. The molecule has 2 N–H and O–H groups in total. The number of benzene rings is 2. The molecule has 0 aliphatic rings. The van der Waals surface area contributed by atoms with E-state index in [1.807, 2.05) is 0 Å². The predicted octanol–water partition coefficient (Wildman–Crippen LogP) is -0.741. The maximum atomic E-state index is 10.5. The van der Waals surface area contributed by atoms with Crippen LogP contribution in [-0.4, -0.2) is 52.5 Å². The third kappa shape index (κ3) is 20.8. The highest BCUT2D eigenvalue weighted by Gasteiger charge is 2.29. The lowest BCUT2D eigenvalue weighted by molar-refractivity contribution is -0.872. The molecule has 6 nitrogen and oxygen atoms in total. The number of nitrogens with one attached hydrogen (secondary N) is 2. The van der Waals surface area contributed by atoms with Crippen LogP contribution in [0, 0.1) is 0 Å². The second-order valence-electron chi connectivity index (χ2n) is 7.31. The quantitative estimate of drug-likeness (QED) is 0.544. The van der Waals surface area contributed by atoms with Gasteiger partial charge < -0.3 is 29.6 Å². The normalized spacial score (nSPS) is 10.7. The predicted molar refractivity (Wildman–Crippen MR) is 108 cm³/mol. The number of hydrogen-bond acceptors (Lipinski definition) is 4. The van der Waals surface area contributed by atoms with Crippen molar-refractivity contribution in [3.63, 3.8) is 0 Å². The molecular formula is C22H28F6N2O4. The Morgan fingerprint density at radius 2 is 0.824 bits per heavy atom. The molecule has 2 aromatic rings. The van der Waals surface area contributed by atoms with Crippen molar-refractivity contribution < 1.29 is 55.9 Å². The molecule has 0 aliphatic heterocycles. The Hall–Kier alpha value is -3.12. The number of hydrogen-bond donors (Lipinski definition) is 2. The Morgan fingerprint density at radius 1 is 0.618 bits per heavy atom. The van der Waals surface area contributed by atoms with Gasteiger partial charge in [-0.1, -0.05) is 60.7 Å². The summed E-state index contributed by atoms with van der Waals surface area (Å²) in [5, 5.41) is 17.6. The van der Waals surface area contributed by atoms with E-state index in [0.29, 0.717) is 0 Å². The highest BCUT2D eigenvalue weighted by atomic mass is 19.4. The summed E-state index contributed by atoms with van der Waals surface area (Å²) in [5.74, 6) is -6.01. The summed E-state index contributed by atoms with van der Waals surface area (Å²) < 4.78 is 63.1. The van der Waals surface area contributed by atoms with E-state index < -0.39 is 24.3 Å². The number of carboxylic acids is 2. The van der Waals surface area contributed by atoms with E-state index in [0.717, 1.165) is 13.1 Å². The number of halogens is 6. The van der Waals surface area contributed by atoms with E-state index in [4.69, 9.17) is 19.8 Å². The summed E-state index contributed by atoms with van der Waals surface area (Å²) in [7, 11) is 8.64. The monoisotopic (exact) mass is 498 g/mol. The molecule has 0 heterocycles. The summed E-state index contributed by atoms with van der Waals surface area (Å²) in [6, 6.07) is 21.1. The van der Waals surface area contributed by atoms with Crippen molar-refractivity contribution in [3.05, 3.63) is 71.8 Å². The number of quaternary nitrogens is 2. The first-order valence-electron chi connectivity index (χ1n) is 9.69. The second kappa shape index (κ2) is 16.5. The fourth-order valence-corrected chi connectivity index (χ4v) is 2.01. The molecule has 0 amide bonds. The summed E-state index contributed by atoms with van der Waals surface area (Å²) in [6.07, 6.45) is -10.4. The van der Waals surface area contributed by atoms with E-state index in [1.54, 1.807) is 0 Å². The van der Waals surface area contributed by atoms with Gasteiger partial charge in [-0.05, 0) is 0 Å². The minimum Gasteiger partial charge on any atom is -0.542 e. The molecule has 0 saturated carbocycles. The maximum Gasteiger partial charge on any atom is 0.430 e. The van der Waals surface area contributed by atoms with Gasteiger partial charge in [-0.25, -0.2) is 0 Å². The number of rotatable bonds is 4. The van der Waals surface area contributed by atoms with Gasteiger partial charge in [0.15, 0.2) is 0 Å². The molecule has 0 spiro atoms. The zero-order valence-electron chi connectivity index (χ0n) is 19.1. The molecule has 0 aromatic heterocycles. The molecule has 0 fully saturated rings. The summed E-state index contributed by atoms with van der Waals surface area (Å²) in [5.41, 5.74) is 2.81. The third-order valence-electron chi connectivity index (χ3n) is 3.26. The van der Waals surface area contributed by atoms with Gasteiger partial charge in [-0.2, -0.15) is 26.3 Å². The topological polar surface area (TPSA) is 89.1 Å². The second-order valence-corrected chi connectivity index (χ2v) is 7.31. The fraction of sp³-hybridized carbons (Fsp3) is 0.364. The van der Waals surface area contributed by atoms with Gasteiger partial charge in [0.05, 0.1) is 28.2 Å². The zero-order valence-corrected chi connectivity index (χ0v) is 19.1. The van der Waals surface area contributed by atoms with E-state index in [9.17, 15) is 26.3 Å². The van der Waals surface area contributed by atoms with Gasteiger partial charge in [0, 0.05) is 11.1 Å². The van der Waals surface area contributed by atoms with E-state index in [1.165, 1.54) is 20.9 Å². The number of aliphatic carboxylic acids is 2. The van der Waals surface area contributed by atoms with Gasteiger partial charge in [0.1, 0.15) is 25.0 Å². The van der Waals surface area contributed by atoms with Crippen LogP contribution in [0.3, 0.4) is 0 Å². The average molecular weight is 498 g/mol. The fourth-order valence-electron chi connectivity index (χ4n) is 2.01. The van der Waals surface area contributed by atoms with Crippen molar-refractivity contribution >= 4 is 11.9 Å². The average Bonchev–Trinajstić information content (AvgIpc) is 2.68. The number of carboxylic acid groups (broad SMARTS) is 2. The zero-order chi connectivity index (χ0) is 26.9. The molecule has 0 unspecified atom stereocenters. The summed E-state index contributed by atoms with van der Waals surface area (Å²) in [6.45, 7) is 2.22. The van der Waals surface area contributed by atoms with Crippen molar-refractivity contribution in [3.8, 4) is 0 Å². The highest BCUT2D eigenvalue weighted by Crippen LogP contribution is 2.12. The van der Waals surface area contributed by atoms with Crippen LogP contribution < -0.4 is 20.0 Å². The standard InChI is InChI=1S/2C9H13N.2C2HF3O2/c2*1-10(2)8-9-6-4-3-5-7-9;2*3-2(4,5)1(6)7/h2*3-7H,8H2,1-2H3;2*(H,6,7). The number of carbonyl (C=O) groups excluding carboxylic acids is 2. The third-order valence-corrected chi connectivity index (χ3v) is 3.26. The van der Waals surface area contributed by atoms with Crippen LogP contribution in [0.1, 0.15) is 11.1 Å². The van der Waals surface area contributed by atoms with E-state index >= 15 is 0 Å². The highest BCUT2D eigenvalue weighted by molar-refractivity contribution is 5.71. The first-order chi connectivity index (χ1) is 15.5. The molecule has 34 heavy (non-hydrogen) atoms. The van der Waals surface area contributed by atoms with Crippen LogP contribution in [0.4, 0.5) is 26.3 Å². The molecule has 2 rings (SSSR count). The number of alkyl halides is 6. The van der Waals surface area contributed by atoms with Gasteiger partial charge in [-0.3, -0.25) is 0 Å². The Balaban J connectivity index is 0. The minimum atomic E-state index is -5.19. The summed E-state index contributed by atoms with van der Waals surface area (Å²) >= 11 is 0. The van der Waals surface area contributed by atoms with Crippen molar-refractivity contribution in [2.45, 2.75) is 25.4 Å². The van der Waals surface area contributed by atoms with Crippen LogP contribution in [0.25, 0.3) is 0 Å². The van der Waals surface area contributed by atoms with Crippen LogP contribution in [0.2, 0.25) is 0 Å². The molecule has 12 heteroatoms. The Labute approximate surface area is 194 Å². The van der Waals surface area contributed by atoms with Gasteiger partial charge in [0.2, 0.25) is 0 Å². The van der Waals surface area contributed by atoms with Crippen LogP contribution in [0.5, 0.6) is 0 Å². The van der Waals surface area contributed by atoms with Gasteiger partial charge in [0.25, 0.3) is 0 Å². The molecule has 0 saturated heterocycles. The largest absolute Gasteiger partial charge is 0.542 e. The molecule has 0 atom stereocenters. The lowest BCUT2D eigenvalue weighted by Gasteiger charge is -2.05. The Kier molecular flexibility index (Phi) is 16.0. The van der Waals surface area contributed by atoms with Crippen molar-refractivity contribution in [2.75, 3.05) is 28.2 Å². The molecule has 0 bridgehead atoms. The first-order valence-corrected chi connectivity index (χ1v) is 9.69. The van der Waals surface area contributed by atoms with Crippen LogP contribution in [-0.2, 0) is 22.7 Å². The Morgan fingerprint density at radius 3 is 0.971 bits per heavy atom. The molecule has 0 radical (unpaired) electrons. The van der Waals surface area contributed by atoms with Crippen LogP contribution >= 0.6 is 0 Å². The first kappa shape index (κ1) is 33.1. The van der Waals surface area contributed by atoms with E-state index in [-0.39, 0.29) is 0 Å². The molecular weight excluding hydrogens is 470 g/mol. The molecule has 2 aromatic carbocycles. The lowest BCUT2D eigenvalue weighted by Crippen LogP contribution is -3.04. The van der Waals surface area contributed by atoms with Gasteiger partial charge in [-0.15, -0.1) is 0 Å². The molecule has 192 valence electrons. The summed E-state index contributed by atoms with van der Waals surface area (Å²) in [4.78, 5) is 20.5. The van der Waals surface area contributed by atoms with Crippen molar-refractivity contribution in [2.24, 2.45) is 0 Å². The SMILES string of the molecule is C[NH+](C)Cc1ccccc1.C[NH+](C)Cc1ccccc1.O=C([O-])C(F)(F)F.O=C([O-])C(F)(F)F. The van der Waals surface area contributed by atoms with Gasteiger partial charge >= 0.3 is 12.4 Å². The van der Waals surface area contributed by atoms with E-state index in [2.05, 4.69) is 88.9 Å². The minimum absolute atomic E-state index is 1.11. The lowest BCUT2D eigenvalue weighted by atomic mass is 10.2. The van der Waals surface area contributed by atoms with Crippen molar-refractivity contribution in [1.29, 1.82) is 0 Å². The van der Waals surface area contributed by atoms with Crippen LogP contribution in [0.15, 0.2) is 60.7 Å². The van der Waals surface area contributed by atoms with Crippen molar-refractivity contribution in [1.82, 2.24) is 0 Å². The maximum absolute atomic E-state index is 10.5.